The number of nitrogens with zero attached hydrogens (tertiary/aromatic N) is 1. The van der Waals surface area contributed by atoms with Gasteiger partial charge in [-0.2, -0.15) is 16.6 Å². The summed E-state index contributed by atoms with van der Waals surface area (Å²) in [7, 11) is 0. The number of ketones is 1. The first-order chi connectivity index (χ1) is 6.20. The normalized spacial score (nSPS) is 12.1. The molecule has 1 aromatic heterocycles. The fraction of sp³-hybridized carbons (Fsp3) is 0.400. The van der Waals surface area contributed by atoms with E-state index in [1.54, 1.807) is 0 Å². The highest BCUT2D eigenvalue weighted by molar-refractivity contribution is 7.08. The molecule has 0 aliphatic carbocycles. The molecule has 1 atom stereocenters. The molecule has 1 rings (SSSR count). The molecule has 3 heteroatoms. The van der Waals surface area contributed by atoms with Crippen LogP contribution in [-0.2, 0) is 0 Å². The van der Waals surface area contributed by atoms with Crippen LogP contribution >= 0.6 is 11.3 Å². The van der Waals surface area contributed by atoms with Gasteiger partial charge in [-0.25, -0.2) is 0 Å². The Hall–Kier alpha value is -1.14. The Morgan fingerprint density at radius 2 is 2.38 bits per heavy atom. The molecule has 1 aromatic rings. The summed E-state index contributed by atoms with van der Waals surface area (Å²) in [6.07, 6.45) is 0.588. The Morgan fingerprint density at radius 3 is 2.77 bits per heavy atom. The molecule has 0 fully saturated rings. The Bertz CT molecular complexity index is 348. The lowest BCUT2D eigenvalue weighted by Gasteiger charge is -2.03. The largest absolute Gasteiger partial charge is 0.293 e. The summed E-state index contributed by atoms with van der Waals surface area (Å²) in [6, 6.07) is 2.02. The van der Waals surface area contributed by atoms with Crippen LogP contribution in [0.2, 0.25) is 0 Å². The van der Waals surface area contributed by atoms with E-state index in [1.165, 1.54) is 11.3 Å². The van der Waals surface area contributed by atoms with E-state index in [9.17, 15) is 4.79 Å². The molecule has 0 saturated heterocycles. The minimum Gasteiger partial charge on any atom is -0.293 e. The van der Waals surface area contributed by atoms with Gasteiger partial charge in [-0.05, 0) is 24.3 Å². The average Bonchev–Trinajstić information content (AvgIpc) is 2.53. The van der Waals surface area contributed by atoms with Gasteiger partial charge in [0.2, 0.25) is 0 Å². The zero-order valence-electron chi connectivity index (χ0n) is 7.70. The maximum atomic E-state index is 11.7. The van der Waals surface area contributed by atoms with E-state index < -0.39 is 5.92 Å². The van der Waals surface area contributed by atoms with Gasteiger partial charge in [-0.15, -0.1) is 0 Å². The lowest BCUT2D eigenvalue weighted by molar-refractivity contribution is 0.0946. The first-order valence-corrected chi connectivity index (χ1v) is 5.11. The third-order valence-electron chi connectivity index (χ3n) is 2.00. The van der Waals surface area contributed by atoms with E-state index in [-0.39, 0.29) is 5.78 Å². The summed E-state index contributed by atoms with van der Waals surface area (Å²) >= 11 is 1.50. The average molecular weight is 193 g/mol. The molecule has 1 unspecified atom stereocenters. The molecule has 0 N–H and O–H groups in total. The standard InChI is InChI=1S/C10H11NOS/c1-3-8(4-11)10(12)9-6-13-5-7(9)2/h5-6,8H,3H2,1-2H3. The van der Waals surface area contributed by atoms with E-state index in [4.69, 9.17) is 5.26 Å². The van der Waals surface area contributed by atoms with Gasteiger partial charge in [-0.1, -0.05) is 6.92 Å². The number of Topliss-reactive ketones (excluding diaryl/α,β-unsaturated/α-hetero) is 1. The van der Waals surface area contributed by atoms with E-state index in [1.807, 2.05) is 30.7 Å². The van der Waals surface area contributed by atoms with Crippen LogP contribution in [0.5, 0.6) is 0 Å². The molecule has 13 heavy (non-hydrogen) atoms. The molecule has 68 valence electrons. The number of thiophene rings is 1. The summed E-state index contributed by atoms with van der Waals surface area (Å²) in [5.74, 6) is -0.517. The Balaban J connectivity index is 2.92. The lowest BCUT2D eigenvalue weighted by Crippen LogP contribution is -2.11. The summed E-state index contributed by atoms with van der Waals surface area (Å²) in [5.41, 5.74) is 1.68. The van der Waals surface area contributed by atoms with Crippen LogP contribution in [0.3, 0.4) is 0 Å². The molecule has 1 heterocycles. The molecule has 0 bridgehead atoms. The zero-order chi connectivity index (χ0) is 9.84. The minimum absolute atomic E-state index is 0.0382. The molecule has 0 radical (unpaired) electrons. The van der Waals surface area contributed by atoms with Crippen LogP contribution in [0.4, 0.5) is 0 Å². The predicted octanol–water partition coefficient (Wildman–Crippen LogP) is 2.79. The van der Waals surface area contributed by atoms with Gasteiger partial charge in [0.05, 0.1) is 6.07 Å². The number of nitriles is 1. The topological polar surface area (TPSA) is 40.9 Å². The van der Waals surface area contributed by atoms with Gasteiger partial charge in [0, 0.05) is 10.9 Å². The molecule has 0 amide bonds. The number of hydrogen-bond donors (Lipinski definition) is 0. The second kappa shape index (κ2) is 4.20. The lowest BCUT2D eigenvalue weighted by atomic mass is 9.97. The number of hydrogen-bond acceptors (Lipinski definition) is 3. The van der Waals surface area contributed by atoms with E-state index in [2.05, 4.69) is 0 Å². The van der Waals surface area contributed by atoms with Gasteiger partial charge in [0.25, 0.3) is 0 Å². The van der Waals surface area contributed by atoms with Crippen molar-refractivity contribution in [2.24, 2.45) is 5.92 Å². The highest BCUT2D eigenvalue weighted by Crippen LogP contribution is 2.19. The molecule has 0 aliphatic rings. The molecular formula is C10H11NOS. The predicted molar refractivity (Wildman–Crippen MR) is 52.8 cm³/mol. The Labute approximate surface area is 81.8 Å². The van der Waals surface area contributed by atoms with Crippen LogP contribution in [0.25, 0.3) is 0 Å². The number of rotatable bonds is 3. The van der Waals surface area contributed by atoms with Crippen LogP contribution in [0.15, 0.2) is 10.8 Å². The Kier molecular flexibility index (Phi) is 3.21. The van der Waals surface area contributed by atoms with E-state index in [0.29, 0.717) is 12.0 Å². The fourth-order valence-corrected chi connectivity index (χ4v) is 1.97. The third kappa shape index (κ3) is 1.96. The smallest absolute Gasteiger partial charge is 0.181 e. The van der Waals surface area contributed by atoms with Crippen molar-refractivity contribution in [2.45, 2.75) is 20.3 Å². The van der Waals surface area contributed by atoms with E-state index >= 15 is 0 Å². The molecule has 0 aromatic carbocycles. The van der Waals surface area contributed by atoms with Crippen molar-refractivity contribution in [3.05, 3.63) is 21.9 Å². The second-order valence-corrected chi connectivity index (χ2v) is 3.67. The van der Waals surface area contributed by atoms with Crippen LogP contribution < -0.4 is 0 Å². The van der Waals surface area contributed by atoms with Crippen molar-refractivity contribution in [3.8, 4) is 6.07 Å². The Morgan fingerprint density at radius 1 is 1.69 bits per heavy atom. The van der Waals surface area contributed by atoms with Gasteiger partial charge >= 0.3 is 0 Å². The maximum absolute atomic E-state index is 11.7. The zero-order valence-corrected chi connectivity index (χ0v) is 8.52. The summed E-state index contributed by atoms with van der Waals surface area (Å²) in [6.45, 7) is 3.75. The SMILES string of the molecule is CCC(C#N)C(=O)c1cscc1C. The second-order valence-electron chi connectivity index (χ2n) is 2.92. The van der Waals surface area contributed by atoms with Crippen molar-refractivity contribution < 1.29 is 4.79 Å². The number of carbonyl (C=O) groups is 1. The van der Waals surface area contributed by atoms with Crippen LogP contribution in [-0.4, -0.2) is 5.78 Å². The van der Waals surface area contributed by atoms with E-state index in [0.717, 1.165) is 5.56 Å². The van der Waals surface area contributed by atoms with Crippen molar-refractivity contribution >= 4 is 17.1 Å². The maximum Gasteiger partial charge on any atom is 0.181 e. The quantitative estimate of drug-likeness (QED) is 0.692. The van der Waals surface area contributed by atoms with Crippen molar-refractivity contribution in [3.63, 3.8) is 0 Å². The molecular weight excluding hydrogens is 182 g/mol. The fourth-order valence-electron chi connectivity index (χ4n) is 1.14. The first kappa shape index (κ1) is 9.94. The van der Waals surface area contributed by atoms with Gasteiger partial charge in [0.1, 0.15) is 5.92 Å². The first-order valence-electron chi connectivity index (χ1n) is 4.17. The molecule has 0 saturated carbocycles. The highest BCUT2D eigenvalue weighted by atomic mass is 32.1. The van der Waals surface area contributed by atoms with Gasteiger partial charge in [0.15, 0.2) is 5.78 Å². The molecule has 0 spiro atoms. The van der Waals surface area contributed by atoms with Crippen LogP contribution in [0.1, 0.15) is 29.3 Å². The monoisotopic (exact) mass is 193 g/mol. The minimum atomic E-state index is -0.478. The van der Waals surface area contributed by atoms with Gasteiger partial charge in [-0.3, -0.25) is 4.79 Å². The number of carbonyl (C=O) groups excluding carboxylic acids is 1. The molecule has 0 aliphatic heterocycles. The number of aryl methyl sites for hydroxylation is 1. The van der Waals surface area contributed by atoms with Crippen molar-refractivity contribution in [1.82, 2.24) is 0 Å². The summed E-state index contributed by atoms with van der Waals surface area (Å²) < 4.78 is 0. The highest BCUT2D eigenvalue weighted by Gasteiger charge is 2.19. The summed E-state index contributed by atoms with van der Waals surface area (Å²) in [5, 5.41) is 12.5. The van der Waals surface area contributed by atoms with Gasteiger partial charge < -0.3 is 0 Å². The van der Waals surface area contributed by atoms with Crippen molar-refractivity contribution in [2.75, 3.05) is 0 Å². The van der Waals surface area contributed by atoms with Crippen LogP contribution in [0, 0.1) is 24.2 Å². The third-order valence-corrected chi connectivity index (χ3v) is 2.86. The summed E-state index contributed by atoms with van der Waals surface area (Å²) in [4.78, 5) is 11.7. The van der Waals surface area contributed by atoms with Crippen molar-refractivity contribution in [1.29, 1.82) is 5.26 Å². The molecule has 2 nitrogen and oxygen atoms in total.